The summed E-state index contributed by atoms with van der Waals surface area (Å²) in [6.07, 6.45) is 7.69. The van der Waals surface area contributed by atoms with E-state index in [-0.39, 0.29) is 18.0 Å². The standard InChI is InChI=1S/C24H21BrN6O2/c1-16-15-31(24(32)30-21-6-5-20(11-26)27-14-21)8-7-18(16)9-17-3-2-4-22(10-17)33-23-28-12-19(25)13-29-23/h2-6,9-10,12-14,16H,7-8,15H2,1H3,(H,30,32). The number of nitrogens with one attached hydrogen (secondary N) is 1. The first kappa shape index (κ1) is 22.4. The molecule has 1 saturated heterocycles. The monoisotopic (exact) mass is 504 g/mol. The highest BCUT2D eigenvalue weighted by atomic mass is 79.9. The van der Waals surface area contributed by atoms with E-state index in [0.29, 0.717) is 30.2 Å². The van der Waals surface area contributed by atoms with Gasteiger partial charge >= 0.3 is 12.0 Å². The normalized spacial score (nSPS) is 16.8. The summed E-state index contributed by atoms with van der Waals surface area (Å²) < 4.78 is 6.54. The van der Waals surface area contributed by atoms with E-state index in [1.54, 1.807) is 29.4 Å². The van der Waals surface area contributed by atoms with Gasteiger partial charge in [-0.25, -0.2) is 19.7 Å². The molecular weight excluding hydrogens is 484 g/mol. The second-order valence-electron chi connectivity index (χ2n) is 7.65. The minimum absolute atomic E-state index is 0.169. The Bertz CT molecular complexity index is 1200. The number of hydrogen-bond acceptors (Lipinski definition) is 6. The number of benzene rings is 1. The van der Waals surface area contributed by atoms with Crippen LogP contribution in [0.1, 0.15) is 24.6 Å². The summed E-state index contributed by atoms with van der Waals surface area (Å²) >= 11 is 3.31. The zero-order chi connectivity index (χ0) is 23.2. The second-order valence-corrected chi connectivity index (χ2v) is 8.56. The summed E-state index contributed by atoms with van der Waals surface area (Å²) in [6, 6.07) is 13.1. The number of halogens is 1. The highest BCUT2D eigenvalue weighted by molar-refractivity contribution is 9.10. The Morgan fingerprint density at radius 2 is 2.06 bits per heavy atom. The van der Waals surface area contributed by atoms with Crippen molar-refractivity contribution < 1.29 is 9.53 Å². The molecule has 0 radical (unpaired) electrons. The van der Waals surface area contributed by atoms with Crippen LogP contribution in [0.2, 0.25) is 0 Å². The molecule has 9 heteroatoms. The molecular formula is C24H21BrN6O2. The minimum Gasteiger partial charge on any atom is -0.424 e. The highest BCUT2D eigenvalue weighted by Crippen LogP contribution is 2.27. The van der Waals surface area contributed by atoms with Gasteiger partial charge in [0.2, 0.25) is 0 Å². The Hall–Kier alpha value is -3.77. The third kappa shape index (κ3) is 5.93. The quantitative estimate of drug-likeness (QED) is 0.519. The van der Waals surface area contributed by atoms with Crippen LogP contribution < -0.4 is 10.1 Å². The fraction of sp³-hybridized carbons (Fsp3) is 0.208. The average molecular weight is 505 g/mol. The maximum atomic E-state index is 12.6. The van der Waals surface area contributed by atoms with Crippen LogP contribution >= 0.6 is 15.9 Å². The third-order valence-electron chi connectivity index (χ3n) is 5.23. The van der Waals surface area contributed by atoms with Gasteiger partial charge in [0.05, 0.1) is 16.4 Å². The Morgan fingerprint density at radius 3 is 2.76 bits per heavy atom. The maximum absolute atomic E-state index is 12.6. The first-order chi connectivity index (χ1) is 16.0. The molecule has 0 aliphatic carbocycles. The van der Waals surface area contributed by atoms with Crippen LogP contribution in [-0.4, -0.2) is 39.0 Å². The smallest absolute Gasteiger partial charge is 0.321 e. The van der Waals surface area contributed by atoms with E-state index in [0.717, 1.165) is 16.5 Å². The number of nitriles is 1. The van der Waals surface area contributed by atoms with E-state index in [1.165, 1.54) is 11.8 Å². The van der Waals surface area contributed by atoms with E-state index >= 15 is 0 Å². The first-order valence-electron chi connectivity index (χ1n) is 10.4. The number of urea groups is 1. The molecule has 8 nitrogen and oxygen atoms in total. The number of rotatable bonds is 4. The molecule has 1 aliphatic rings. The summed E-state index contributed by atoms with van der Waals surface area (Å²) in [6.45, 7) is 3.35. The van der Waals surface area contributed by atoms with Crippen molar-refractivity contribution in [3.8, 4) is 17.8 Å². The molecule has 3 heterocycles. The van der Waals surface area contributed by atoms with Crippen LogP contribution in [0.3, 0.4) is 0 Å². The number of pyridine rings is 1. The van der Waals surface area contributed by atoms with Crippen molar-refractivity contribution in [2.45, 2.75) is 13.3 Å². The second kappa shape index (κ2) is 10.2. The van der Waals surface area contributed by atoms with Gasteiger partial charge in [0.25, 0.3) is 0 Å². The molecule has 4 rings (SSSR count). The predicted molar refractivity (Wildman–Crippen MR) is 128 cm³/mol. The number of anilines is 1. The molecule has 1 N–H and O–H groups in total. The lowest BCUT2D eigenvalue weighted by atomic mass is 9.91. The molecule has 166 valence electrons. The van der Waals surface area contributed by atoms with Crippen LogP contribution in [0.4, 0.5) is 10.5 Å². The van der Waals surface area contributed by atoms with E-state index in [2.05, 4.69) is 49.2 Å². The molecule has 1 atom stereocenters. The summed E-state index contributed by atoms with van der Waals surface area (Å²) in [5.74, 6) is 0.870. The molecule has 0 spiro atoms. The summed E-state index contributed by atoms with van der Waals surface area (Å²) in [5, 5.41) is 11.7. The number of piperidine rings is 1. The van der Waals surface area contributed by atoms with Gasteiger partial charge in [0.15, 0.2) is 0 Å². The molecule has 1 aliphatic heterocycles. The molecule has 1 aromatic carbocycles. The number of aromatic nitrogens is 3. The maximum Gasteiger partial charge on any atom is 0.321 e. The highest BCUT2D eigenvalue weighted by Gasteiger charge is 2.24. The molecule has 0 saturated carbocycles. The number of likely N-dealkylation sites (tertiary alicyclic amines) is 1. The average Bonchev–Trinajstić information content (AvgIpc) is 2.82. The Morgan fingerprint density at radius 1 is 1.24 bits per heavy atom. The van der Waals surface area contributed by atoms with Gasteiger partial charge < -0.3 is 15.0 Å². The molecule has 2 aromatic heterocycles. The number of ether oxygens (including phenoxy) is 1. The van der Waals surface area contributed by atoms with E-state index in [1.807, 2.05) is 30.3 Å². The zero-order valence-corrected chi connectivity index (χ0v) is 19.5. The van der Waals surface area contributed by atoms with Crippen molar-refractivity contribution in [2.24, 2.45) is 5.92 Å². The Labute approximate surface area is 200 Å². The van der Waals surface area contributed by atoms with Crippen molar-refractivity contribution in [3.63, 3.8) is 0 Å². The van der Waals surface area contributed by atoms with Crippen LogP contribution in [0.25, 0.3) is 6.08 Å². The zero-order valence-electron chi connectivity index (χ0n) is 17.9. The topological polar surface area (TPSA) is 104 Å². The molecule has 1 fully saturated rings. The lowest BCUT2D eigenvalue weighted by Gasteiger charge is -2.33. The first-order valence-corrected chi connectivity index (χ1v) is 11.2. The fourth-order valence-corrected chi connectivity index (χ4v) is 3.73. The van der Waals surface area contributed by atoms with Crippen molar-refractivity contribution in [1.82, 2.24) is 19.9 Å². The van der Waals surface area contributed by atoms with E-state index < -0.39 is 0 Å². The van der Waals surface area contributed by atoms with Crippen molar-refractivity contribution >= 4 is 33.7 Å². The minimum atomic E-state index is -0.169. The van der Waals surface area contributed by atoms with Crippen molar-refractivity contribution in [3.05, 3.63) is 76.3 Å². The van der Waals surface area contributed by atoms with Crippen LogP contribution in [0.15, 0.2) is 65.0 Å². The van der Waals surface area contributed by atoms with E-state index in [4.69, 9.17) is 10.00 Å². The molecule has 1 unspecified atom stereocenters. The number of nitrogens with zero attached hydrogens (tertiary/aromatic N) is 5. The molecule has 3 aromatic rings. The third-order valence-corrected chi connectivity index (χ3v) is 5.64. The van der Waals surface area contributed by atoms with Crippen LogP contribution in [0, 0.1) is 17.2 Å². The number of amides is 2. The summed E-state index contributed by atoms with van der Waals surface area (Å²) in [5.41, 5.74) is 3.18. The van der Waals surface area contributed by atoms with Gasteiger partial charge in [-0.15, -0.1) is 0 Å². The van der Waals surface area contributed by atoms with Gasteiger partial charge in [0.1, 0.15) is 17.5 Å². The lowest BCUT2D eigenvalue weighted by molar-refractivity contribution is 0.198. The van der Waals surface area contributed by atoms with Crippen LogP contribution in [-0.2, 0) is 0 Å². The lowest BCUT2D eigenvalue weighted by Crippen LogP contribution is -2.42. The van der Waals surface area contributed by atoms with Gasteiger partial charge in [-0.1, -0.05) is 30.7 Å². The van der Waals surface area contributed by atoms with Gasteiger partial charge in [-0.2, -0.15) is 5.26 Å². The largest absolute Gasteiger partial charge is 0.424 e. The van der Waals surface area contributed by atoms with Crippen molar-refractivity contribution in [1.29, 1.82) is 5.26 Å². The molecule has 33 heavy (non-hydrogen) atoms. The van der Waals surface area contributed by atoms with Gasteiger partial charge in [-0.05, 0) is 58.1 Å². The van der Waals surface area contributed by atoms with Gasteiger partial charge in [0, 0.05) is 25.5 Å². The summed E-state index contributed by atoms with van der Waals surface area (Å²) in [7, 11) is 0. The van der Waals surface area contributed by atoms with Crippen molar-refractivity contribution in [2.75, 3.05) is 18.4 Å². The van der Waals surface area contributed by atoms with Gasteiger partial charge in [-0.3, -0.25) is 0 Å². The number of hydrogen-bond donors (Lipinski definition) is 1. The SMILES string of the molecule is CC1CN(C(=O)Nc2ccc(C#N)nc2)CCC1=Cc1cccc(Oc2ncc(Br)cn2)c1. The Balaban J connectivity index is 1.38. The Kier molecular flexibility index (Phi) is 6.95. The number of carbonyl (C=O) groups is 1. The van der Waals surface area contributed by atoms with Crippen LogP contribution in [0.5, 0.6) is 11.8 Å². The predicted octanol–water partition coefficient (Wildman–Crippen LogP) is 5.26. The van der Waals surface area contributed by atoms with E-state index in [9.17, 15) is 4.79 Å². The molecule has 2 amide bonds. The molecule has 0 bridgehead atoms. The number of carbonyl (C=O) groups excluding carboxylic acids is 1. The summed E-state index contributed by atoms with van der Waals surface area (Å²) in [4.78, 5) is 26.7. The fourth-order valence-electron chi connectivity index (χ4n) is 3.53.